The van der Waals surface area contributed by atoms with E-state index in [1.54, 1.807) is 37.7 Å². The first-order chi connectivity index (χ1) is 31.6. The van der Waals surface area contributed by atoms with Crippen LogP contribution in [0.4, 0.5) is 27.3 Å². The number of hydrogen-bond donors (Lipinski definition) is 5. The predicted octanol–water partition coefficient (Wildman–Crippen LogP) is 8.10. The summed E-state index contributed by atoms with van der Waals surface area (Å²) in [4.78, 5) is 35.9. The number of para-hydroxylation sites is 2. The Hall–Kier alpha value is -6.61. The Morgan fingerprint density at radius 1 is 0.773 bits per heavy atom. The Kier molecular flexibility index (Phi) is 16.7. The number of nitrogens with zero attached hydrogens (tertiary/aromatic N) is 3. The van der Waals surface area contributed by atoms with Crippen molar-refractivity contribution in [2.75, 3.05) is 56.1 Å². The number of carboxylic acid groups (broad SMARTS) is 1. The van der Waals surface area contributed by atoms with Gasteiger partial charge in [0.05, 0.1) is 54.2 Å². The lowest BCUT2D eigenvalue weighted by Crippen LogP contribution is -2.25. The highest BCUT2D eigenvalue weighted by Crippen LogP contribution is 2.34. The minimum atomic E-state index is -1.06. The molecule has 3 aliphatic heterocycles. The molecule has 6 aromatic rings. The molecule has 0 radical (unpaired) electrons. The van der Waals surface area contributed by atoms with Crippen molar-refractivity contribution in [3.63, 3.8) is 0 Å². The number of ether oxygens (including phenoxy) is 7. The van der Waals surface area contributed by atoms with E-state index in [4.69, 9.17) is 60.5 Å². The molecule has 19 heteroatoms. The first-order valence-electron chi connectivity index (χ1n) is 20.6. The Morgan fingerprint density at radius 2 is 1.36 bits per heavy atom. The number of thiazole rings is 2. The number of anilines is 4. The minimum Gasteiger partial charge on any atom is -0.497 e. The van der Waals surface area contributed by atoms with Crippen molar-refractivity contribution >= 4 is 67.6 Å². The molecule has 66 heavy (non-hydrogen) atoms. The number of nitrogens with one attached hydrogen (secondary N) is 1. The molecular formula is C47H53N7O10S2. The molecule has 5 heterocycles. The van der Waals surface area contributed by atoms with Crippen molar-refractivity contribution in [3.8, 4) is 17.2 Å². The number of carbonyl (C=O) groups is 2. The molecule has 9 rings (SSSR count). The third kappa shape index (κ3) is 14.2. The number of aliphatic imine (C=N–C) groups is 1. The molecular weight excluding hydrogens is 887 g/mol. The Morgan fingerprint density at radius 3 is 1.91 bits per heavy atom. The van der Waals surface area contributed by atoms with Gasteiger partial charge in [0.1, 0.15) is 42.7 Å². The summed E-state index contributed by atoms with van der Waals surface area (Å²) in [5.74, 6) is -0.0256. The van der Waals surface area contributed by atoms with Crippen LogP contribution in [0.3, 0.4) is 0 Å². The van der Waals surface area contributed by atoms with Gasteiger partial charge in [0.15, 0.2) is 21.8 Å². The van der Waals surface area contributed by atoms with Crippen LogP contribution in [-0.4, -0.2) is 90.0 Å². The molecule has 2 fully saturated rings. The standard InChI is InChI=1S/C24H23N3O4S.C13H18O4.C7H8N2O2.C3H4N2S/c1-24(2)30-14-18(31-24)13-29-17-7-3-5-15(11-17)20-12-16-6-4-8-19(21(16)26-20)22(28)27-23-25-9-10-32-23;1-13(2)16-9-12(17-13)8-15-11-6-4-5-10(7-11)14-3;8-5-3-1-2-4(6(5)9)7(10)11;4-3-5-1-2-6-3/h3-11,18H,12-14H2,1-2H3,(H,25,27,28);4-7,12H,8-9H2,1-3H3;1-3H,8-9H2,(H,10,11);1-2H,(H2,4,5). The van der Waals surface area contributed by atoms with Crippen LogP contribution in [0.15, 0.2) is 113 Å². The SMILES string of the molecule is CC1(C)OCC(COc2cccc(C3=Nc4c(cccc4C(=O)Nc4nccs4)C3)c2)O1.COc1cccc(OCC2COC(C)(C)O2)c1.Nc1cccc(C(=O)O)c1N.Nc1nccs1. The van der Waals surface area contributed by atoms with E-state index in [9.17, 15) is 9.59 Å². The average molecular weight is 940 g/mol. The van der Waals surface area contributed by atoms with Crippen molar-refractivity contribution in [2.24, 2.45) is 4.99 Å². The predicted molar refractivity (Wildman–Crippen MR) is 255 cm³/mol. The number of hydrogen-bond acceptors (Lipinski definition) is 17. The Bertz CT molecular complexity index is 2570. The maximum Gasteiger partial charge on any atom is 0.337 e. The summed E-state index contributed by atoms with van der Waals surface area (Å²) < 4.78 is 39.2. The number of carboxylic acids is 1. The second-order valence-corrected chi connectivity index (χ2v) is 17.4. The van der Waals surface area contributed by atoms with Crippen LogP contribution in [0.25, 0.3) is 0 Å². The zero-order chi connectivity index (χ0) is 47.3. The lowest BCUT2D eigenvalue weighted by Gasteiger charge is -2.17. The maximum absolute atomic E-state index is 12.8. The molecule has 2 saturated heterocycles. The van der Waals surface area contributed by atoms with Gasteiger partial charge in [0.2, 0.25) is 0 Å². The minimum absolute atomic E-state index is 0.0174. The van der Waals surface area contributed by atoms with Gasteiger partial charge in [-0.2, -0.15) is 0 Å². The molecule has 2 aromatic heterocycles. The number of carbonyl (C=O) groups excluding carboxylic acids is 1. The molecule has 348 valence electrons. The van der Waals surface area contributed by atoms with Crippen molar-refractivity contribution in [1.82, 2.24) is 9.97 Å². The Balaban J connectivity index is 0.000000175. The van der Waals surface area contributed by atoms with E-state index in [0.29, 0.717) is 60.0 Å². The van der Waals surface area contributed by atoms with Crippen molar-refractivity contribution in [2.45, 2.75) is 57.9 Å². The van der Waals surface area contributed by atoms with Gasteiger partial charge < -0.3 is 55.5 Å². The van der Waals surface area contributed by atoms with E-state index < -0.39 is 17.5 Å². The highest BCUT2D eigenvalue weighted by atomic mass is 32.1. The van der Waals surface area contributed by atoms with E-state index in [0.717, 1.165) is 34.1 Å². The van der Waals surface area contributed by atoms with Gasteiger partial charge in [0, 0.05) is 35.6 Å². The highest BCUT2D eigenvalue weighted by molar-refractivity contribution is 7.13. The van der Waals surface area contributed by atoms with Gasteiger partial charge >= 0.3 is 5.97 Å². The number of benzene rings is 4. The van der Waals surface area contributed by atoms with E-state index in [1.165, 1.54) is 28.7 Å². The van der Waals surface area contributed by atoms with Crippen LogP contribution in [0.1, 0.15) is 59.5 Å². The van der Waals surface area contributed by atoms with E-state index in [1.807, 2.05) is 99.1 Å². The zero-order valence-electron chi connectivity index (χ0n) is 37.1. The number of nitrogens with two attached hydrogens (primary N) is 3. The summed E-state index contributed by atoms with van der Waals surface area (Å²) in [5.41, 5.74) is 20.5. The summed E-state index contributed by atoms with van der Waals surface area (Å²) in [6.45, 7) is 9.58. The van der Waals surface area contributed by atoms with E-state index in [2.05, 4.69) is 15.3 Å². The monoisotopic (exact) mass is 939 g/mol. The quantitative estimate of drug-likeness (QED) is 0.0770. The van der Waals surface area contributed by atoms with Crippen LogP contribution < -0.4 is 36.7 Å². The second-order valence-electron chi connectivity index (χ2n) is 15.6. The first-order valence-corrected chi connectivity index (χ1v) is 22.4. The number of nitrogen functional groups attached to an aromatic ring is 3. The van der Waals surface area contributed by atoms with Crippen LogP contribution in [0.5, 0.6) is 17.2 Å². The lowest BCUT2D eigenvalue weighted by atomic mass is 10.0. The molecule has 0 bridgehead atoms. The number of fused-ring (bicyclic) bond motifs is 1. The summed E-state index contributed by atoms with van der Waals surface area (Å²) in [5, 5.41) is 16.3. The molecule has 1 amide bonds. The summed E-state index contributed by atoms with van der Waals surface area (Å²) >= 11 is 2.83. The van der Waals surface area contributed by atoms with Crippen LogP contribution in [-0.2, 0) is 25.4 Å². The fourth-order valence-electron chi connectivity index (χ4n) is 6.55. The van der Waals surface area contributed by atoms with Gasteiger partial charge in [-0.3, -0.25) is 15.1 Å². The largest absolute Gasteiger partial charge is 0.497 e. The number of aromatic nitrogens is 2. The van der Waals surface area contributed by atoms with Gasteiger partial charge in [-0.15, -0.1) is 22.7 Å². The number of methoxy groups -OCH3 is 1. The lowest BCUT2D eigenvalue weighted by molar-refractivity contribution is -0.141. The normalized spacial score (nSPS) is 17.3. The molecule has 2 unspecified atom stereocenters. The van der Waals surface area contributed by atoms with E-state index >= 15 is 0 Å². The van der Waals surface area contributed by atoms with Crippen LogP contribution >= 0.6 is 22.7 Å². The molecule has 4 aromatic carbocycles. The van der Waals surface area contributed by atoms with Gasteiger partial charge in [-0.1, -0.05) is 36.4 Å². The molecule has 3 aliphatic rings. The zero-order valence-corrected chi connectivity index (χ0v) is 38.7. The Labute approximate surface area is 390 Å². The summed E-state index contributed by atoms with van der Waals surface area (Å²) in [6.07, 6.45) is 3.88. The third-order valence-corrected chi connectivity index (χ3v) is 11.0. The van der Waals surface area contributed by atoms with Gasteiger partial charge in [-0.05, 0) is 81.3 Å². The summed E-state index contributed by atoms with van der Waals surface area (Å²) in [6, 6.07) is 25.6. The molecule has 17 nitrogen and oxygen atoms in total. The van der Waals surface area contributed by atoms with Gasteiger partial charge in [-0.25, -0.2) is 14.8 Å². The summed E-state index contributed by atoms with van der Waals surface area (Å²) in [7, 11) is 1.63. The van der Waals surface area contributed by atoms with Gasteiger partial charge in [0.25, 0.3) is 5.91 Å². The fourth-order valence-corrected chi connectivity index (χ4v) is 7.46. The molecule has 8 N–H and O–H groups in total. The highest BCUT2D eigenvalue weighted by Gasteiger charge is 2.34. The maximum atomic E-state index is 12.8. The second kappa shape index (κ2) is 22.5. The third-order valence-electron chi connectivity index (χ3n) is 9.66. The van der Waals surface area contributed by atoms with E-state index in [-0.39, 0.29) is 29.4 Å². The molecule has 2 atom stereocenters. The molecule has 0 aliphatic carbocycles. The molecule has 0 spiro atoms. The number of amides is 1. The fraction of sp³-hybridized carbons (Fsp3) is 0.298. The molecule has 0 saturated carbocycles. The number of rotatable bonds is 11. The smallest absolute Gasteiger partial charge is 0.337 e. The number of aromatic carboxylic acids is 1. The van der Waals surface area contributed by atoms with Crippen molar-refractivity contribution in [1.29, 1.82) is 0 Å². The average Bonchev–Trinajstić information content (AvgIpc) is 4.17. The first kappa shape index (κ1) is 48.8. The van der Waals surface area contributed by atoms with Crippen LogP contribution in [0.2, 0.25) is 0 Å². The van der Waals surface area contributed by atoms with Crippen molar-refractivity contribution in [3.05, 3.63) is 130 Å². The topological polar surface area (TPSA) is 247 Å². The van der Waals surface area contributed by atoms with Crippen LogP contribution in [0, 0.1) is 0 Å². The van der Waals surface area contributed by atoms with Crippen molar-refractivity contribution < 1.29 is 47.9 Å².